The van der Waals surface area contributed by atoms with Gasteiger partial charge in [-0.2, -0.15) is 0 Å². The Hall–Kier alpha value is -0.480. The minimum absolute atomic E-state index is 0.115. The van der Waals surface area contributed by atoms with Crippen molar-refractivity contribution in [3.05, 3.63) is 34.3 Å². The van der Waals surface area contributed by atoms with Crippen LogP contribution in [0.15, 0.2) is 28.7 Å². The molecule has 1 saturated carbocycles. The Morgan fingerprint density at radius 2 is 1.75 bits per heavy atom. The normalized spacial score (nSPS) is 23.0. The fraction of sp³-hybridized carbons (Fsp3) is 0.500. The van der Waals surface area contributed by atoms with Crippen LogP contribution in [0.4, 0.5) is 8.78 Å². The van der Waals surface area contributed by atoms with E-state index in [0.29, 0.717) is 12.8 Å². The average Bonchev–Trinajstić information content (AvgIpc) is 2.23. The molecule has 16 heavy (non-hydrogen) atoms. The van der Waals surface area contributed by atoms with Gasteiger partial charge in [0, 0.05) is 22.9 Å². The van der Waals surface area contributed by atoms with Crippen molar-refractivity contribution in [2.24, 2.45) is 5.73 Å². The Bertz CT molecular complexity index is 382. The Labute approximate surface area is 102 Å². The minimum atomic E-state index is -2.53. The van der Waals surface area contributed by atoms with Crippen LogP contribution in [0, 0.1) is 0 Å². The number of benzene rings is 1. The van der Waals surface area contributed by atoms with Gasteiger partial charge in [0.15, 0.2) is 0 Å². The molecular weight excluding hydrogens is 276 g/mol. The summed E-state index contributed by atoms with van der Waals surface area (Å²) in [6.07, 6.45) is 0.457. The fourth-order valence-corrected chi connectivity index (χ4v) is 2.55. The van der Waals surface area contributed by atoms with Crippen LogP contribution >= 0.6 is 15.9 Å². The van der Waals surface area contributed by atoms with Crippen LogP contribution in [-0.4, -0.2) is 5.92 Å². The number of halogens is 3. The van der Waals surface area contributed by atoms with Gasteiger partial charge in [-0.05, 0) is 30.5 Å². The molecule has 0 atom stereocenters. The molecule has 1 aromatic rings. The molecule has 0 aliphatic heterocycles. The van der Waals surface area contributed by atoms with Crippen molar-refractivity contribution in [1.82, 2.24) is 0 Å². The van der Waals surface area contributed by atoms with Crippen LogP contribution in [0.3, 0.4) is 0 Å². The minimum Gasteiger partial charge on any atom is -0.321 e. The third-order valence-electron chi connectivity index (χ3n) is 3.27. The fourth-order valence-electron chi connectivity index (χ4n) is 2.15. The van der Waals surface area contributed by atoms with E-state index >= 15 is 0 Å². The Balaban J connectivity index is 2.21. The molecule has 1 fully saturated rings. The molecule has 0 unspecified atom stereocenters. The summed E-state index contributed by atoms with van der Waals surface area (Å²) >= 11 is 3.37. The van der Waals surface area contributed by atoms with Crippen LogP contribution in [0.1, 0.15) is 31.2 Å². The van der Waals surface area contributed by atoms with Gasteiger partial charge in [0.05, 0.1) is 0 Å². The van der Waals surface area contributed by atoms with Crippen molar-refractivity contribution in [3.8, 4) is 0 Å². The first-order valence-electron chi connectivity index (χ1n) is 5.34. The molecule has 0 spiro atoms. The summed E-state index contributed by atoms with van der Waals surface area (Å²) in [5.41, 5.74) is 6.57. The molecule has 2 rings (SSSR count). The van der Waals surface area contributed by atoms with Gasteiger partial charge in [0.1, 0.15) is 0 Å². The molecule has 0 radical (unpaired) electrons. The van der Waals surface area contributed by atoms with E-state index in [0.717, 1.165) is 10.0 Å². The molecule has 1 aromatic carbocycles. The smallest absolute Gasteiger partial charge is 0.248 e. The summed E-state index contributed by atoms with van der Waals surface area (Å²) in [5.74, 6) is -2.53. The van der Waals surface area contributed by atoms with Gasteiger partial charge in [-0.3, -0.25) is 0 Å². The van der Waals surface area contributed by atoms with Crippen LogP contribution in [-0.2, 0) is 5.54 Å². The van der Waals surface area contributed by atoms with Gasteiger partial charge < -0.3 is 5.73 Å². The van der Waals surface area contributed by atoms with Crippen molar-refractivity contribution in [3.63, 3.8) is 0 Å². The van der Waals surface area contributed by atoms with Gasteiger partial charge in [0.25, 0.3) is 0 Å². The first-order valence-corrected chi connectivity index (χ1v) is 6.13. The lowest BCUT2D eigenvalue weighted by atomic mass is 9.76. The highest BCUT2D eigenvalue weighted by Gasteiger charge is 2.41. The van der Waals surface area contributed by atoms with Crippen LogP contribution in [0.25, 0.3) is 0 Å². The molecule has 88 valence electrons. The van der Waals surface area contributed by atoms with E-state index in [1.807, 2.05) is 24.3 Å². The molecule has 1 aliphatic rings. The maximum atomic E-state index is 13.1. The highest BCUT2D eigenvalue weighted by atomic mass is 79.9. The molecule has 1 aliphatic carbocycles. The summed E-state index contributed by atoms with van der Waals surface area (Å²) in [6.45, 7) is 0. The SMILES string of the molecule is NC1(c2cccc(Br)c2)CCC(F)(F)CC1. The molecule has 0 saturated heterocycles. The quantitative estimate of drug-likeness (QED) is 0.836. The molecular formula is C12H14BrF2N. The monoisotopic (exact) mass is 289 g/mol. The first-order chi connectivity index (χ1) is 7.41. The first kappa shape index (κ1) is 12.0. The van der Waals surface area contributed by atoms with E-state index in [4.69, 9.17) is 5.73 Å². The van der Waals surface area contributed by atoms with Gasteiger partial charge in [-0.15, -0.1) is 0 Å². The summed E-state index contributed by atoms with van der Waals surface area (Å²) < 4.78 is 27.1. The Kier molecular flexibility index (Phi) is 3.05. The number of nitrogens with two attached hydrogens (primary N) is 1. The number of rotatable bonds is 1. The van der Waals surface area contributed by atoms with E-state index in [-0.39, 0.29) is 12.8 Å². The zero-order valence-corrected chi connectivity index (χ0v) is 10.4. The summed E-state index contributed by atoms with van der Waals surface area (Å²) in [7, 11) is 0. The van der Waals surface area contributed by atoms with Crippen molar-refractivity contribution in [2.75, 3.05) is 0 Å². The Morgan fingerprint density at radius 1 is 1.12 bits per heavy atom. The maximum absolute atomic E-state index is 13.1. The molecule has 1 nitrogen and oxygen atoms in total. The third kappa shape index (κ3) is 2.43. The predicted octanol–water partition coefficient (Wildman–Crippen LogP) is 3.81. The van der Waals surface area contributed by atoms with Gasteiger partial charge >= 0.3 is 0 Å². The molecule has 0 amide bonds. The van der Waals surface area contributed by atoms with E-state index in [1.54, 1.807) is 0 Å². The lowest BCUT2D eigenvalue weighted by Gasteiger charge is -2.37. The van der Waals surface area contributed by atoms with Crippen molar-refractivity contribution < 1.29 is 8.78 Å². The van der Waals surface area contributed by atoms with E-state index in [2.05, 4.69) is 15.9 Å². The molecule has 0 heterocycles. The van der Waals surface area contributed by atoms with E-state index in [1.165, 1.54) is 0 Å². The van der Waals surface area contributed by atoms with Gasteiger partial charge in [-0.1, -0.05) is 28.1 Å². The van der Waals surface area contributed by atoms with Crippen molar-refractivity contribution in [1.29, 1.82) is 0 Å². The second-order valence-corrected chi connectivity index (χ2v) is 5.44. The van der Waals surface area contributed by atoms with Crippen LogP contribution in [0.2, 0.25) is 0 Å². The number of hydrogen-bond donors (Lipinski definition) is 1. The molecule has 0 bridgehead atoms. The van der Waals surface area contributed by atoms with Crippen LogP contribution in [0.5, 0.6) is 0 Å². The average molecular weight is 290 g/mol. The van der Waals surface area contributed by atoms with Crippen molar-refractivity contribution in [2.45, 2.75) is 37.1 Å². The summed E-state index contributed by atoms with van der Waals surface area (Å²) in [5, 5.41) is 0. The molecule has 2 N–H and O–H groups in total. The summed E-state index contributed by atoms with van der Waals surface area (Å²) in [4.78, 5) is 0. The number of hydrogen-bond acceptors (Lipinski definition) is 1. The number of alkyl halides is 2. The molecule has 0 aromatic heterocycles. The lowest BCUT2D eigenvalue weighted by molar-refractivity contribution is -0.0514. The second kappa shape index (κ2) is 4.08. The highest BCUT2D eigenvalue weighted by Crippen LogP contribution is 2.42. The summed E-state index contributed by atoms with van der Waals surface area (Å²) in [6, 6.07) is 7.63. The zero-order chi connectivity index (χ0) is 11.8. The standard InChI is InChI=1S/C12H14BrF2N/c13-10-3-1-2-9(8-10)11(16)4-6-12(14,15)7-5-11/h1-3,8H,4-7,16H2. The highest BCUT2D eigenvalue weighted by molar-refractivity contribution is 9.10. The largest absolute Gasteiger partial charge is 0.321 e. The van der Waals surface area contributed by atoms with E-state index in [9.17, 15) is 8.78 Å². The maximum Gasteiger partial charge on any atom is 0.248 e. The van der Waals surface area contributed by atoms with Crippen molar-refractivity contribution >= 4 is 15.9 Å². The van der Waals surface area contributed by atoms with Gasteiger partial charge in [-0.25, -0.2) is 8.78 Å². The predicted molar refractivity (Wildman–Crippen MR) is 63.4 cm³/mol. The van der Waals surface area contributed by atoms with Gasteiger partial charge in [0.2, 0.25) is 5.92 Å². The molecule has 4 heteroatoms. The zero-order valence-electron chi connectivity index (χ0n) is 8.85. The Morgan fingerprint density at radius 3 is 2.31 bits per heavy atom. The second-order valence-electron chi connectivity index (χ2n) is 4.52. The third-order valence-corrected chi connectivity index (χ3v) is 3.77. The topological polar surface area (TPSA) is 26.0 Å². The van der Waals surface area contributed by atoms with E-state index < -0.39 is 11.5 Å². The lowest BCUT2D eigenvalue weighted by Crippen LogP contribution is -2.43. The van der Waals surface area contributed by atoms with Crippen LogP contribution < -0.4 is 5.73 Å².